The van der Waals surface area contributed by atoms with Crippen molar-refractivity contribution in [2.24, 2.45) is 18.7 Å². The Hall–Kier alpha value is -5.94. The lowest BCUT2D eigenvalue weighted by molar-refractivity contribution is -0.137. The van der Waals surface area contributed by atoms with Gasteiger partial charge in [-0.25, -0.2) is 13.8 Å². The van der Waals surface area contributed by atoms with Gasteiger partial charge in [0.25, 0.3) is 11.8 Å². The number of amides is 4. The summed E-state index contributed by atoms with van der Waals surface area (Å²) in [5, 5.41) is 16.0. The van der Waals surface area contributed by atoms with Crippen LogP contribution < -0.4 is 11.1 Å². The Bertz CT molecular complexity index is 2260. The van der Waals surface area contributed by atoms with E-state index in [0.29, 0.717) is 75.4 Å². The van der Waals surface area contributed by atoms with Gasteiger partial charge >= 0.3 is 5.97 Å². The van der Waals surface area contributed by atoms with E-state index in [1.165, 1.54) is 60.4 Å². The number of carboxylic acids is 1. The lowest BCUT2D eigenvalue weighted by atomic mass is 9.94. The van der Waals surface area contributed by atoms with Gasteiger partial charge in [-0.15, -0.1) is 0 Å². The number of piperidine rings is 1. The lowest BCUT2D eigenvalue weighted by Crippen LogP contribution is -2.44. The van der Waals surface area contributed by atoms with Gasteiger partial charge in [-0.05, 0) is 57.4 Å². The molecule has 18 heteroatoms. The number of aliphatic carboxylic acids is 1. The van der Waals surface area contributed by atoms with Gasteiger partial charge in [0, 0.05) is 80.7 Å². The van der Waals surface area contributed by atoms with Gasteiger partial charge in [0.2, 0.25) is 11.8 Å². The van der Waals surface area contributed by atoms with Crippen LogP contribution in [0.5, 0.6) is 0 Å². The number of nitrogens with one attached hydrogen (secondary N) is 1. The highest BCUT2D eigenvalue weighted by Crippen LogP contribution is 2.33. The zero-order chi connectivity index (χ0) is 43.0. The average Bonchev–Trinajstić information content (AvgIpc) is 3.77. The molecule has 2 aromatic carbocycles. The molecule has 0 unspecified atom stereocenters. The van der Waals surface area contributed by atoms with Gasteiger partial charge in [0.1, 0.15) is 0 Å². The number of carbonyl (C=O) groups is 5. The molecule has 0 atom stereocenters. The third kappa shape index (κ3) is 10.4. The Morgan fingerprint density at radius 3 is 2.41 bits per heavy atom. The molecule has 0 spiro atoms. The molecule has 5 rings (SSSR count). The number of nitrogens with zero attached hydrogens (tertiary/aromatic N) is 6. The first-order valence-electron chi connectivity index (χ1n) is 19.0. The van der Waals surface area contributed by atoms with E-state index in [2.05, 4.69) is 15.4 Å². The normalized spacial score (nSPS) is 13.4. The predicted molar refractivity (Wildman–Crippen MR) is 215 cm³/mol. The molecule has 0 radical (unpaired) electrons. The summed E-state index contributed by atoms with van der Waals surface area (Å²) in [7, 11) is 3.06. The number of likely N-dealkylation sites (tertiary alicyclic amines) is 1. The van der Waals surface area contributed by atoms with E-state index in [-0.39, 0.29) is 69.5 Å². The molecule has 3 heterocycles. The van der Waals surface area contributed by atoms with E-state index in [1.807, 2.05) is 6.92 Å². The van der Waals surface area contributed by atoms with Gasteiger partial charge in [0.05, 0.1) is 48.2 Å². The van der Waals surface area contributed by atoms with Crippen molar-refractivity contribution in [1.82, 2.24) is 29.1 Å². The largest absolute Gasteiger partial charge is 0.481 e. The van der Waals surface area contributed by atoms with Crippen LogP contribution in [0.3, 0.4) is 0 Å². The molecule has 1 aliphatic rings. The molecule has 59 heavy (non-hydrogen) atoms. The number of imidazole rings is 1. The molecule has 1 aliphatic heterocycles. The fourth-order valence-electron chi connectivity index (χ4n) is 7.07. The van der Waals surface area contributed by atoms with Crippen LogP contribution in [0.1, 0.15) is 65.7 Å². The van der Waals surface area contributed by atoms with Crippen molar-refractivity contribution in [2.45, 2.75) is 52.5 Å². The van der Waals surface area contributed by atoms with Crippen LogP contribution in [0.15, 0.2) is 54.4 Å². The van der Waals surface area contributed by atoms with Crippen LogP contribution in [-0.4, -0.2) is 104 Å². The number of hydrogen-bond acceptors (Lipinski definition) is 8. The maximum Gasteiger partial charge on any atom is 0.307 e. The van der Waals surface area contributed by atoms with Crippen molar-refractivity contribution in [1.29, 1.82) is 0 Å². The fourth-order valence-corrected chi connectivity index (χ4v) is 7.33. The predicted octanol–water partition coefficient (Wildman–Crippen LogP) is 5.46. The Kier molecular flexibility index (Phi) is 14.7. The lowest BCUT2D eigenvalue weighted by Gasteiger charge is -2.34. The summed E-state index contributed by atoms with van der Waals surface area (Å²) in [6.07, 6.45) is 5.01. The van der Waals surface area contributed by atoms with Gasteiger partial charge in [-0.2, -0.15) is 5.10 Å². The summed E-state index contributed by atoms with van der Waals surface area (Å²) < 4.78 is 39.1. The first-order chi connectivity index (χ1) is 28.1. The number of hydrogen-bond donors (Lipinski definition) is 3. The third-order valence-corrected chi connectivity index (χ3v) is 10.7. The summed E-state index contributed by atoms with van der Waals surface area (Å²) in [5.41, 5.74) is 7.55. The zero-order valence-electron chi connectivity index (χ0n) is 33.3. The average molecular weight is 837 g/mol. The molecule has 0 saturated carbocycles. The van der Waals surface area contributed by atoms with Crippen molar-refractivity contribution >= 4 is 46.9 Å². The van der Waals surface area contributed by atoms with Crippen LogP contribution in [-0.2, 0) is 32.7 Å². The molecular weight excluding hydrogens is 790 g/mol. The van der Waals surface area contributed by atoms with Crippen molar-refractivity contribution < 1.29 is 42.6 Å². The first-order valence-corrected chi connectivity index (χ1v) is 19.4. The molecule has 1 fully saturated rings. The Balaban J connectivity index is 1.19. The van der Waals surface area contributed by atoms with Crippen molar-refractivity contribution in [2.75, 3.05) is 45.2 Å². The maximum atomic E-state index is 15.6. The Labute approximate surface area is 344 Å². The Morgan fingerprint density at radius 2 is 1.76 bits per heavy atom. The zero-order valence-corrected chi connectivity index (χ0v) is 34.0. The molecule has 4 amide bonds. The molecule has 314 valence electrons. The SMILES string of the molecule is CCN(CC/C(=C\CC(=O)O)CC(N)=O)C(=O)C1CCN(C(=O)c2ccc(NC(=O)c3ncc(-c4ccc(-c5cnn(CCOC)c5C)c(F)c4F)n3C)cc2Cl)CC1. The fraction of sp³-hybridized carbons (Fsp3) is 0.390. The quantitative estimate of drug-likeness (QED) is 0.116. The van der Waals surface area contributed by atoms with E-state index >= 15 is 8.78 Å². The summed E-state index contributed by atoms with van der Waals surface area (Å²) in [6, 6.07) is 7.31. The minimum Gasteiger partial charge on any atom is -0.481 e. The van der Waals surface area contributed by atoms with Crippen LogP contribution >= 0.6 is 11.6 Å². The third-order valence-electron chi connectivity index (χ3n) is 10.4. The first kappa shape index (κ1) is 44.2. The Morgan fingerprint density at radius 1 is 1.07 bits per heavy atom. The van der Waals surface area contributed by atoms with Gasteiger partial charge in [-0.3, -0.25) is 28.7 Å². The highest BCUT2D eigenvalue weighted by molar-refractivity contribution is 6.34. The molecule has 2 aromatic heterocycles. The van der Waals surface area contributed by atoms with Crippen LogP contribution in [0.2, 0.25) is 5.02 Å². The second kappa shape index (κ2) is 19.7. The van der Waals surface area contributed by atoms with Crippen LogP contribution in [0, 0.1) is 24.5 Å². The minimum atomic E-state index is -1.11. The number of benzene rings is 2. The minimum absolute atomic E-state index is 0.0424. The second-order valence-electron chi connectivity index (χ2n) is 14.2. The van der Waals surface area contributed by atoms with Crippen molar-refractivity contribution in [3.8, 4) is 22.4 Å². The molecule has 4 N–H and O–H groups in total. The monoisotopic (exact) mass is 836 g/mol. The van der Waals surface area contributed by atoms with E-state index in [9.17, 15) is 24.0 Å². The number of ether oxygens (including phenoxy) is 1. The molecular formula is C41H47ClF2N8O7. The molecule has 0 bridgehead atoms. The van der Waals surface area contributed by atoms with E-state index in [4.69, 9.17) is 27.2 Å². The summed E-state index contributed by atoms with van der Waals surface area (Å²) in [5.74, 6) is -5.29. The van der Waals surface area contributed by atoms with Crippen LogP contribution in [0.4, 0.5) is 14.5 Å². The second-order valence-corrected chi connectivity index (χ2v) is 14.6. The summed E-state index contributed by atoms with van der Waals surface area (Å²) >= 11 is 6.55. The van der Waals surface area contributed by atoms with E-state index < -0.39 is 29.4 Å². The number of carboxylic acid groups (broad SMARTS) is 1. The van der Waals surface area contributed by atoms with Crippen molar-refractivity contribution in [3.63, 3.8) is 0 Å². The number of aromatic nitrogens is 4. The number of methoxy groups -OCH3 is 1. The summed E-state index contributed by atoms with van der Waals surface area (Å²) in [6.45, 7) is 5.77. The van der Waals surface area contributed by atoms with E-state index in [1.54, 1.807) is 28.5 Å². The number of carbonyl (C=O) groups excluding carboxylic acids is 4. The molecule has 0 aliphatic carbocycles. The number of anilines is 1. The number of rotatable bonds is 17. The van der Waals surface area contributed by atoms with Gasteiger partial charge < -0.3 is 35.3 Å². The molecule has 4 aromatic rings. The van der Waals surface area contributed by atoms with Gasteiger partial charge in [-0.1, -0.05) is 29.3 Å². The van der Waals surface area contributed by atoms with Crippen LogP contribution in [0.25, 0.3) is 22.4 Å². The number of halogens is 3. The smallest absolute Gasteiger partial charge is 0.307 e. The highest BCUT2D eigenvalue weighted by Gasteiger charge is 2.31. The number of nitrogens with two attached hydrogens (primary N) is 1. The maximum absolute atomic E-state index is 15.6. The van der Waals surface area contributed by atoms with Crippen molar-refractivity contribution in [3.05, 3.63) is 88.1 Å². The number of primary amides is 1. The molecule has 15 nitrogen and oxygen atoms in total. The standard InChI is InChI=1S/C41H47ClF2N8O7/c1-5-50(15-12-25(20-34(45)53)6-11-35(54)55)40(57)26-13-16-51(17-14-26)41(58)29-8-7-27(21-32(29)42)48-39(56)38-46-23-33(49(38)3)30-10-9-28(36(43)37(30)44)31-22-47-52(24(31)2)18-19-59-4/h6-10,21-23,26H,5,11-20H2,1-4H3,(H2,45,53)(H,48,56)(H,54,55)/b25-6+. The summed E-state index contributed by atoms with van der Waals surface area (Å²) in [4.78, 5) is 70.1. The highest BCUT2D eigenvalue weighted by atomic mass is 35.5. The topological polar surface area (TPSA) is 195 Å². The van der Waals surface area contributed by atoms with Gasteiger partial charge in [0.15, 0.2) is 17.5 Å². The van der Waals surface area contributed by atoms with E-state index in [0.717, 1.165) is 0 Å². The molecule has 1 saturated heterocycles.